The summed E-state index contributed by atoms with van der Waals surface area (Å²) in [5.74, 6) is 0.557. The molecule has 1 aromatic heterocycles. The van der Waals surface area contributed by atoms with Crippen molar-refractivity contribution in [1.29, 1.82) is 0 Å². The van der Waals surface area contributed by atoms with E-state index in [2.05, 4.69) is 10.5 Å². The lowest BCUT2D eigenvalue weighted by atomic mass is 10.1. The first-order valence-corrected chi connectivity index (χ1v) is 7.63. The first-order chi connectivity index (χ1) is 11.7. The van der Waals surface area contributed by atoms with E-state index in [0.29, 0.717) is 11.3 Å². The van der Waals surface area contributed by atoms with Gasteiger partial charge in [-0.3, -0.25) is 4.79 Å². The standard InChI is InChI=1S/C19H18N2O3/c1-13(14-8-10-16(23-2)11-9-14)20-19(22)17-12-24-21-18(17)15-6-4-3-5-7-15/h3-13H,1-2H3,(H,20,22)/t13-/m0/s1. The number of hydrogen-bond acceptors (Lipinski definition) is 4. The molecule has 1 heterocycles. The molecule has 0 fully saturated rings. The van der Waals surface area contributed by atoms with Crippen LogP contribution in [0.15, 0.2) is 65.4 Å². The summed E-state index contributed by atoms with van der Waals surface area (Å²) in [7, 11) is 1.62. The maximum Gasteiger partial charge on any atom is 0.257 e. The number of nitrogens with one attached hydrogen (secondary N) is 1. The van der Waals surface area contributed by atoms with Gasteiger partial charge in [0.05, 0.1) is 13.2 Å². The van der Waals surface area contributed by atoms with Crippen LogP contribution in [0.3, 0.4) is 0 Å². The van der Waals surface area contributed by atoms with Gasteiger partial charge in [-0.25, -0.2) is 0 Å². The molecule has 0 spiro atoms. The van der Waals surface area contributed by atoms with Crippen molar-refractivity contribution in [3.8, 4) is 17.0 Å². The summed E-state index contributed by atoms with van der Waals surface area (Å²) >= 11 is 0. The summed E-state index contributed by atoms with van der Waals surface area (Å²) in [4.78, 5) is 12.6. The van der Waals surface area contributed by atoms with Gasteiger partial charge in [0.25, 0.3) is 5.91 Å². The third kappa shape index (κ3) is 3.30. The largest absolute Gasteiger partial charge is 0.497 e. The van der Waals surface area contributed by atoms with E-state index in [0.717, 1.165) is 16.9 Å². The summed E-state index contributed by atoms with van der Waals surface area (Å²) in [6.07, 6.45) is 1.37. The fourth-order valence-electron chi connectivity index (χ4n) is 2.45. The molecule has 2 aromatic carbocycles. The molecule has 122 valence electrons. The van der Waals surface area contributed by atoms with Crippen molar-refractivity contribution in [2.75, 3.05) is 7.11 Å². The van der Waals surface area contributed by atoms with E-state index in [-0.39, 0.29) is 11.9 Å². The molecule has 3 aromatic rings. The molecule has 1 amide bonds. The predicted octanol–water partition coefficient (Wildman–Crippen LogP) is 3.84. The Morgan fingerprint density at radius 3 is 2.50 bits per heavy atom. The summed E-state index contributed by atoms with van der Waals surface area (Å²) in [6.45, 7) is 1.93. The minimum atomic E-state index is -0.224. The van der Waals surface area contributed by atoms with E-state index in [1.807, 2.05) is 61.5 Å². The average molecular weight is 322 g/mol. The number of amides is 1. The van der Waals surface area contributed by atoms with E-state index < -0.39 is 0 Å². The minimum Gasteiger partial charge on any atom is -0.497 e. The maximum absolute atomic E-state index is 12.6. The van der Waals surface area contributed by atoms with Gasteiger partial charge >= 0.3 is 0 Å². The normalized spacial score (nSPS) is 11.8. The van der Waals surface area contributed by atoms with Crippen LogP contribution in [0.4, 0.5) is 0 Å². The van der Waals surface area contributed by atoms with Crippen LogP contribution in [-0.4, -0.2) is 18.2 Å². The Morgan fingerprint density at radius 1 is 1.12 bits per heavy atom. The Labute approximate surface area is 140 Å². The highest BCUT2D eigenvalue weighted by molar-refractivity contribution is 5.99. The molecule has 0 saturated heterocycles. The number of carbonyl (C=O) groups excluding carboxylic acids is 1. The van der Waals surface area contributed by atoms with E-state index >= 15 is 0 Å². The fourth-order valence-corrected chi connectivity index (χ4v) is 2.45. The summed E-state index contributed by atoms with van der Waals surface area (Å²) in [5, 5.41) is 6.92. The summed E-state index contributed by atoms with van der Waals surface area (Å²) in [6, 6.07) is 16.9. The van der Waals surface area contributed by atoms with Gasteiger partial charge in [-0.15, -0.1) is 0 Å². The molecule has 0 aliphatic rings. The zero-order valence-corrected chi connectivity index (χ0v) is 13.5. The molecule has 1 N–H and O–H groups in total. The predicted molar refractivity (Wildman–Crippen MR) is 90.8 cm³/mol. The van der Waals surface area contributed by atoms with Gasteiger partial charge in [-0.2, -0.15) is 0 Å². The smallest absolute Gasteiger partial charge is 0.257 e. The second-order valence-electron chi connectivity index (χ2n) is 5.41. The monoisotopic (exact) mass is 322 g/mol. The van der Waals surface area contributed by atoms with Gasteiger partial charge in [0.1, 0.15) is 23.3 Å². The van der Waals surface area contributed by atoms with Gasteiger partial charge in [0.15, 0.2) is 0 Å². The average Bonchev–Trinajstić information content (AvgIpc) is 3.12. The van der Waals surface area contributed by atoms with Gasteiger partial charge in [-0.1, -0.05) is 47.6 Å². The Morgan fingerprint density at radius 2 is 1.83 bits per heavy atom. The highest BCUT2D eigenvalue weighted by Crippen LogP contribution is 2.23. The number of nitrogens with zero attached hydrogens (tertiary/aromatic N) is 1. The molecule has 0 bridgehead atoms. The zero-order chi connectivity index (χ0) is 16.9. The SMILES string of the molecule is COc1ccc([C@H](C)NC(=O)c2conc2-c2ccccc2)cc1. The highest BCUT2D eigenvalue weighted by Gasteiger charge is 2.19. The topological polar surface area (TPSA) is 64.4 Å². The second-order valence-corrected chi connectivity index (χ2v) is 5.41. The summed E-state index contributed by atoms with van der Waals surface area (Å²) < 4.78 is 10.2. The quantitative estimate of drug-likeness (QED) is 0.775. The van der Waals surface area contributed by atoms with Crippen molar-refractivity contribution >= 4 is 5.91 Å². The van der Waals surface area contributed by atoms with Gasteiger partial charge in [0.2, 0.25) is 0 Å². The lowest BCUT2D eigenvalue weighted by Gasteiger charge is -2.14. The van der Waals surface area contributed by atoms with Crippen LogP contribution in [0, 0.1) is 0 Å². The van der Waals surface area contributed by atoms with Crippen molar-refractivity contribution in [2.24, 2.45) is 0 Å². The maximum atomic E-state index is 12.6. The number of hydrogen-bond donors (Lipinski definition) is 1. The first kappa shape index (κ1) is 15.8. The lowest BCUT2D eigenvalue weighted by molar-refractivity contribution is 0.0940. The molecule has 1 atom stereocenters. The number of rotatable bonds is 5. The highest BCUT2D eigenvalue weighted by atomic mass is 16.5. The van der Waals surface area contributed by atoms with Crippen LogP contribution in [0.25, 0.3) is 11.3 Å². The van der Waals surface area contributed by atoms with E-state index in [4.69, 9.17) is 9.26 Å². The Balaban J connectivity index is 1.77. The van der Waals surface area contributed by atoms with Crippen LogP contribution in [0.2, 0.25) is 0 Å². The van der Waals surface area contributed by atoms with Crippen molar-refractivity contribution in [2.45, 2.75) is 13.0 Å². The van der Waals surface area contributed by atoms with Crippen molar-refractivity contribution in [3.63, 3.8) is 0 Å². The molecule has 5 heteroatoms. The number of carbonyl (C=O) groups is 1. The van der Waals surface area contributed by atoms with Crippen LogP contribution in [0.1, 0.15) is 28.9 Å². The van der Waals surface area contributed by atoms with Crippen LogP contribution < -0.4 is 10.1 Å². The number of ether oxygens (including phenoxy) is 1. The summed E-state index contributed by atoms with van der Waals surface area (Å²) in [5.41, 5.74) is 2.78. The number of benzene rings is 2. The molecule has 3 rings (SSSR count). The molecule has 0 unspecified atom stereocenters. The molecule has 0 aliphatic heterocycles. The van der Waals surface area contributed by atoms with Gasteiger partial charge in [0, 0.05) is 5.56 Å². The molecule has 5 nitrogen and oxygen atoms in total. The zero-order valence-electron chi connectivity index (χ0n) is 13.5. The lowest BCUT2D eigenvalue weighted by Crippen LogP contribution is -2.26. The Kier molecular flexibility index (Phi) is 4.61. The van der Waals surface area contributed by atoms with Gasteiger partial charge < -0.3 is 14.6 Å². The Hall–Kier alpha value is -3.08. The number of aromatic nitrogens is 1. The fraction of sp³-hybridized carbons (Fsp3) is 0.158. The van der Waals surface area contributed by atoms with E-state index in [1.54, 1.807) is 7.11 Å². The van der Waals surface area contributed by atoms with Crippen molar-refractivity contribution in [1.82, 2.24) is 10.5 Å². The third-order valence-corrected chi connectivity index (χ3v) is 3.82. The van der Waals surface area contributed by atoms with Crippen molar-refractivity contribution in [3.05, 3.63) is 72.0 Å². The van der Waals surface area contributed by atoms with Gasteiger partial charge in [-0.05, 0) is 24.6 Å². The molecular formula is C19H18N2O3. The van der Waals surface area contributed by atoms with Crippen LogP contribution >= 0.6 is 0 Å². The second kappa shape index (κ2) is 7.00. The molecule has 0 aliphatic carbocycles. The molecular weight excluding hydrogens is 304 g/mol. The molecule has 0 saturated carbocycles. The third-order valence-electron chi connectivity index (χ3n) is 3.82. The molecule has 24 heavy (non-hydrogen) atoms. The van der Waals surface area contributed by atoms with Crippen LogP contribution in [-0.2, 0) is 0 Å². The van der Waals surface area contributed by atoms with Crippen molar-refractivity contribution < 1.29 is 14.1 Å². The van der Waals surface area contributed by atoms with E-state index in [1.165, 1.54) is 6.26 Å². The number of methoxy groups -OCH3 is 1. The Bertz CT molecular complexity index is 810. The minimum absolute atomic E-state index is 0.151. The molecule has 0 radical (unpaired) electrons. The first-order valence-electron chi connectivity index (χ1n) is 7.63. The van der Waals surface area contributed by atoms with E-state index in [9.17, 15) is 4.79 Å². The van der Waals surface area contributed by atoms with Crippen LogP contribution in [0.5, 0.6) is 5.75 Å².